The van der Waals surface area contributed by atoms with Crippen molar-refractivity contribution in [3.8, 4) is 5.75 Å². The van der Waals surface area contributed by atoms with Gasteiger partial charge in [-0.05, 0) is 38.1 Å². The Kier molecular flexibility index (Phi) is 6.48. The van der Waals surface area contributed by atoms with E-state index in [0.717, 1.165) is 0 Å². The summed E-state index contributed by atoms with van der Waals surface area (Å²) in [5.41, 5.74) is 0.833. The van der Waals surface area contributed by atoms with Gasteiger partial charge in [-0.3, -0.25) is 19.7 Å². The van der Waals surface area contributed by atoms with Gasteiger partial charge < -0.3 is 15.0 Å². The number of hydrogen-bond acceptors (Lipinski definition) is 6. The van der Waals surface area contributed by atoms with E-state index in [1.54, 1.807) is 36.1 Å². The van der Waals surface area contributed by atoms with Crippen molar-refractivity contribution in [2.75, 3.05) is 30.4 Å². The SMILES string of the molecule is CCN(CC(=O)Nc1ccccc1OC)c1ccc(C(C)=O)cc1[N+](=O)[O-]. The number of Topliss-reactive ketones (excluding diaryl/α,β-unsaturated/α-hetero) is 1. The van der Waals surface area contributed by atoms with Crippen molar-refractivity contribution in [3.05, 3.63) is 58.1 Å². The van der Waals surface area contributed by atoms with E-state index in [9.17, 15) is 19.7 Å². The number of anilines is 2. The van der Waals surface area contributed by atoms with Gasteiger partial charge in [0.15, 0.2) is 5.78 Å². The lowest BCUT2D eigenvalue weighted by Crippen LogP contribution is -2.33. The van der Waals surface area contributed by atoms with Crippen LogP contribution in [0.2, 0.25) is 0 Å². The molecular formula is C19H21N3O5. The quantitative estimate of drug-likeness (QED) is 0.434. The van der Waals surface area contributed by atoms with Crippen LogP contribution in [0.25, 0.3) is 0 Å². The summed E-state index contributed by atoms with van der Waals surface area (Å²) in [6.45, 7) is 3.42. The molecule has 2 rings (SSSR count). The molecule has 0 saturated heterocycles. The Labute approximate surface area is 156 Å². The molecule has 0 saturated carbocycles. The predicted octanol–water partition coefficient (Wildman–Crippen LogP) is 3.27. The first kappa shape index (κ1) is 19.9. The maximum absolute atomic E-state index is 12.4. The number of nitrogens with one attached hydrogen (secondary N) is 1. The number of likely N-dealkylation sites (N-methyl/N-ethyl adjacent to an activating group) is 1. The number of nitro groups is 1. The number of nitrogens with zero attached hydrogens (tertiary/aromatic N) is 2. The molecule has 1 N–H and O–H groups in total. The number of amides is 1. The van der Waals surface area contributed by atoms with Crippen LogP contribution >= 0.6 is 0 Å². The Bertz CT molecular complexity index is 866. The number of carbonyl (C=O) groups excluding carboxylic acids is 2. The summed E-state index contributed by atoms with van der Waals surface area (Å²) >= 11 is 0. The van der Waals surface area contributed by atoms with Crippen LogP contribution in [-0.4, -0.2) is 36.8 Å². The molecule has 0 radical (unpaired) electrons. The normalized spacial score (nSPS) is 10.2. The van der Waals surface area contributed by atoms with Crippen LogP contribution in [0.15, 0.2) is 42.5 Å². The number of methoxy groups -OCH3 is 1. The second-order valence-corrected chi connectivity index (χ2v) is 5.78. The van der Waals surface area contributed by atoms with Gasteiger partial charge in [0.25, 0.3) is 5.69 Å². The standard InChI is InChI=1S/C19H21N3O5/c1-4-21(12-19(24)20-15-7-5-6-8-18(15)27-3)16-10-9-14(13(2)23)11-17(16)22(25)26/h5-11H,4,12H2,1-3H3,(H,20,24). The molecule has 27 heavy (non-hydrogen) atoms. The molecule has 0 unspecified atom stereocenters. The van der Waals surface area contributed by atoms with E-state index in [0.29, 0.717) is 18.0 Å². The van der Waals surface area contributed by atoms with E-state index in [1.807, 2.05) is 0 Å². The largest absolute Gasteiger partial charge is 0.495 e. The minimum absolute atomic E-state index is 0.0885. The van der Waals surface area contributed by atoms with Gasteiger partial charge in [0.05, 0.1) is 24.3 Å². The molecule has 0 aliphatic rings. The van der Waals surface area contributed by atoms with Gasteiger partial charge >= 0.3 is 0 Å². The smallest absolute Gasteiger partial charge is 0.293 e. The Balaban J connectivity index is 2.25. The lowest BCUT2D eigenvalue weighted by Gasteiger charge is -2.22. The Hall–Kier alpha value is -3.42. The highest BCUT2D eigenvalue weighted by atomic mass is 16.6. The zero-order valence-electron chi connectivity index (χ0n) is 15.4. The molecule has 2 aromatic rings. The molecule has 0 atom stereocenters. The molecule has 0 fully saturated rings. The van der Waals surface area contributed by atoms with Gasteiger partial charge in [-0.1, -0.05) is 12.1 Å². The number of benzene rings is 2. The van der Waals surface area contributed by atoms with Crippen molar-refractivity contribution in [1.82, 2.24) is 0 Å². The third-order valence-electron chi connectivity index (χ3n) is 4.02. The minimum atomic E-state index is -0.553. The van der Waals surface area contributed by atoms with Gasteiger partial charge in [-0.25, -0.2) is 0 Å². The molecular weight excluding hydrogens is 350 g/mol. The molecule has 0 heterocycles. The maximum atomic E-state index is 12.4. The summed E-state index contributed by atoms with van der Waals surface area (Å²) < 4.78 is 5.20. The molecule has 1 amide bonds. The monoisotopic (exact) mass is 371 g/mol. The Morgan fingerprint density at radius 3 is 2.52 bits per heavy atom. The Morgan fingerprint density at radius 2 is 1.93 bits per heavy atom. The van der Waals surface area contributed by atoms with Crippen LogP contribution in [0, 0.1) is 10.1 Å². The summed E-state index contributed by atoms with van der Waals surface area (Å²) in [5.74, 6) is -0.0846. The second-order valence-electron chi connectivity index (χ2n) is 5.78. The zero-order chi connectivity index (χ0) is 20.0. The molecule has 0 aromatic heterocycles. The highest BCUT2D eigenvalue weighted by Crippen LogP contribution is 2.30. The van der Waals surface area contributed by atoms with Crippen molar-refractivity contribution in [2.24, 2.45) is 0 Å². The number of ether oxygens (including phenoxy) is 1. The van der Waals surface area contributed by atoms with E-state index in [2.05, 4.69) is 5.32 Å². The average molecular weight is 371 g/mol. The number of carbonyl (C=O) groups is 2. The zero-order valence-corrected chi connectivity index (χ0v) is 15.4. The third kappa shape index (κ3) is 4.81. The summed E-state index contributed by atoms with van der Waals surface area (Å²) in [4.78, 5) is 36.4. The van der Waals surface area contributed by atoms with Crippen molar-refractivity contribution in [3.63, 3.8) is 0 Å². The third-order valence-corrected chi connectivity index (χ3v) is 4.02. The molecule has 2 aromatic carbocycles. The van der Waals surface area contributed by atoms with Crippen LogP contribution < -0.4 is 15.0 Å². The average Bonchev–Trinajstić information content (AvgIpc) is 2.66. The maximum Gasteiger partial charge on any atom is 0.293 e. The number of ketones is 1. The highest BCUT2D eigenvalue weighted by Gasteiger charge is 2.22. The van der Waals surface area contributed by atoms with E-state index < -0.39 is 4.92 Å². The second kappa shape index (κ2) is 8.79. The molecule has 8 heteroatoms. The van der Waals surface area contributed by atoms with Crippen molar-refractivity contribution >= 4 is 28.8 Å². The van der Waals surface area contributed by atoms with Crippen LogP contribution in [0.3, 0.4) is 0 Å². The first-order valence-corrected chi connectivity index (χ1v) is 8.34. The van der Waals surface area contributed by atoms with E-state index in [-0.39, 0.29) is 35.2 Å². The summed E-state index contributed by atoms with van der Waals surface area (Å²) in [6.07, 6.45) is 0. The van der Waals surface area contributed by atoms with Crippen molar-refractivity contribution in [1.29, 1.82) is 0 Å². The van der Waals surface area contributed by atoms with Gasteiger partial charge in [0, 0.05) is 18.2 Å². The summed E-state index contributed by atoms with van der Waals surface area (Å²) in [7, 11) is 1.50. The highest BCUT2D eigenvalue weighted by molar-refractivity contribution is 5.97. The first-order valence-electron chi connectivity index (χ1n) is 8.34. The van der Waals surface area contributed by atoms with Gasteiger partial charge in [-0.2, -0.15) is 0 Å². The number of hydrogen-bond donors (Lipinski definition) is 1. The number of para-hydroxylation sites is 2. The minimum Gasteiger partial charge on any atom is -0.495 e. The molecule has 0 aliphatic carbocycles. The lowest BCUT2D eigenvalue weighted by molar-refractivity contribution is -0.384. The number of rotatable bonds is 8. The van der Waals surface area contributed by atoms with E-state index >= 15 is 0 Å². The fraction of sp³-hybridized carbons (Fsp3) is 0.263. The van der Waals surface area contributed by atoms with Crippen LogP contribution in [0.4, 0.5) is 17.1 Å². The van der Waals surface area contributed by atoms with Gasteiger partial charge in [0.2, 0.25) is 5.91 Å². The summed E-state index contributed by atoms with van der Waals surface area (Å²) in [5, 5.41) is 14.2. The van der Waals surface area contributed by atoms with E-state index in [1.165, 1.54) is 32.2 Å². The van der Waals surface area contributed by atoms with Gasteiger partial charge in [-0.15, -0.1) is 0 Å². The summed E-state index contributed by atoms with van der Waals surface area (Å²) in [6, 6.07) is 11.2. The van der Waals surface area contributed by atoms with E-state index in [4.69, 9.17) is 4.74 Å². The molecule has 0 bridgehead atoms. The van der Waals surface area contributed by atoms with Crippen molar-refractivity contribution < 1.29 is 19.2 Å². The topological polar surface area (TPSA) is 102 Å². The van der Waals surface area contributed by atoms with Crippen LogP contribution in [0.5, 0.6) is 5.75 Å². The fourth-order valence-corrected chi connectivity index (χ4v) is 2.63. The lowest BCUT2D eigenvalue weighted by atomic mass is 10.1. The van der Waals surface area contributed by atoms with Crippen LogP contribution in [-0.2, 0) is 4.79 Å². The molecule has 0 aliphatic heterocycles. The fourth-order valence-electron chi connectivity index (χ4n) is 2.63. The Morgan fingerprint density at radius 1 is 1.22 bits per heavy atom. The number of nitro benzene ring substituents is 1. The molecule has 142 valence electrons. The molecule has 8 nitrogen and oxygen atoms in total. The molecule has 0 spiro atoms. The first-order chi connectivity index (χ1) is 12.9. The van der Waals surface area contributed by atoms with Crippen molar-refractivity contribution in [2.45, 2.75) is 13.8 Å². The predicted molar refractivity (Wildman–Crippen MR) is 103 cm³/mol. The van der Waals surface area contributed by atoms with Crippen LogP contribution in [0.1, 0.15) is 24.2 Å². The van der Waals surface area contributed by atoms with Gasteiger partial charge in [0.1, 0.15) is 11.4 Å².